The van der Waals surface area contributed by atoms with Gasteiger partial charge in [-0.3, -0.25) is 0 Å². The molecule has 0 aliphatic heterocycles. The van der Waals surface area contributed by atoms with Crippen LogP contribution in [0.15, 0.2) is 12.1 Å². The molecule has 1 aromatic carbocycles. The minimum absolute atomic E-state index is 0.105. The fourth-order valence-electron chi connectivity index (χ4n) is 1.93. The van der Waals surface area contributed by atoms with Gasteiger partial charge in [0, 0.05) is 6.54 Å². The first-order chi connectivity index (χ1) is 9.45. The molecule has 0 saturated carbocycles. The lowest BCUT2D eigenvalue weighted by Gasteiger charge is -2.13. The third kappa shape index (κ3) is 4.55. The van der Waals surface area contributed by atoms with Crippen LogP contribution in [-0.2, 0) is 0 Å². The van der Waals surface area contributed by atoms with Gasteiger partial charge in [0.15, 0.2) is 0 Å². The maximum absolute atomic E-state index is 11.8. The van der Waals surface area contributed by atoms with E-state index in [1.807, 2.05) is 20.0 Å². The summed E-state index contributed by atoms with van der Waals surface area (Å²) in [5, 5.41) is 17.5. The first-order valence-electron chi connectivity index (χ1n) is 6.49. The Balaban J connectivity index is 2.76. The maximum Gasteiger partial charge on any atom is 0.337 e. The minimum Gasteiger partial charge on any atom is -0.478 e. The van der Waals surface area contributed by atoms with Crippen LogP contribution in [0.3, 0.4) is 0 Å². The van der Waals surface area contributed by atoms with Gasteiger partial charge in [-0.1, -0.05) is 6.07 Å². The number of hydrogen-bond acceptors (Lipinski definition) is 3. The Morgan fingerprint density at radius 1 is 1.20 bits per heavy atom. The van der Waals surface area contributed by atoms with Crippen molar-refractivity contribution in [2.24, 2.45) is 0 Å². The number of amides is 2. The number of carboxylic acids is 1. The van der Waals surface area contributed by atoms with Gasteiger partial charge in [-0.15, -0.1) is 0 Å². The van der Waals surface area contributed by atoms with E-state index in [2.05, 4.69) is 16.0 Å². The number of rotatable bonds is 6. The quantitative estimate of drug-likeness (QED) is 0.597. The van der Waals surface area contributed by atoms with Gasteiger partial charge in [0.1, 0.15) is 0 Å². The Bertz CT molecular complexity index is 501. The second kappa shape index (κ2) is 7.49. The predicted octanol–water partition coefficient (Wildman–Crippen LogP) is 1.73. The summed E-state index contributed by atoms with van der Waals surface area (Å²) in [6.45, 7) is 4.93. The molecular weight excluding hydrogens is 258 g/mol. The molecule has 4 N–H and O–H groups in total. The van der Waals surface area contributed by atoms with Crippen LogP contribution < -0.4 is 16.0 Å². The van der Waals surface area contributed by atoms with Gasteiger partial charge >= 0.3 is 12.0 Å². The maximum atomic E-state index is 11.8. The van der Waals surface area contributed by atoms with Crippen molar-refractivity contribution in [3.8, 4) is 0 Å². The van der Waals surface area contributed by atoms with E-state index in [4.69, 9.17) is 0 Å². The summed E-state index contributed by atoms with van der Waals surface area (Å²) in [6, 6.07) is 2.99. The van der Waals surface area contributed by atoms with E-state index in [0.29, 0.717) is 12.2 Å². The lowest BCUT2D eigenvalue weighted by Crippen LogP contribution is -2.31. The highest BCUT2D eigenvalue weighted by Crippen LogP contribution is 2.22. The monoisotopic (exact) mass is 279 g/mol. The summed E-state index contributed by atoms with van der Waals surface area (Å²) in [5.41, 5.74) is 2.02. The molecule has 0 unspecified atom stereocenters. The molecule has 2 amide bonds. The molecule has 6 heteroatoms. The molecule has 0 radical (unpaired) electrons. The van der Waals surface area contributed by atoms with Gasteiger partial charge < -0.3 is 21.1 Å². The van der Waals surface area contributed by atoms with E-state index in [1.165, 1.54) is 0 Å². The number of nitrogens with one attached hydrogen (secondary N) is 3. The lowest BCUT2D eigenvalue weighted by molar-refractivity contribution is 0.0698. The van der Waals surface area contributed by atoms with E-state index < -0.39 is 12.0 Å². The van der Waals surface area contributed by atoms with E-state index in [1.54, 1.807) is 13.0 Å². The average Bonchev–Trinajstić information content (AvgIpc) is 2.37. The topological polar surface area (TPSA) is 90.5 Å². The van der Waals surface area contributed by atoms with Gasteiger partial charge in [-0.2, -0.15) is 0 Å². The fraction of sp³-hybridized carbons (Fsp3) is 0.429. The molecule has 0 fully saturated rings. The van der Waals surface area contributed by atoms with Gasteiger partial charge in [0.25, 0.3) is 0 Å². The third-order valence-electron chi connectivity index (χ3n) is 2.84. The van der Waals surface area contributed by atoms with E-state index in [0.717, 1.165) is 24.1 Å². The molecule has 0 aromatic heterocycles. The zero-order chi connectivity index (χ0) is 15.1. The van der Waals surface area contributed by atoms with Crippen molar-refractivity contribution in [3.63, 3.8) is 0 Å². The molecule has 0 bridgehead atoms. The first-order valence-corrected chi connectivity index (χ1v) is 6.49. The van der Waals surface area contributed by atoms with Crippen molar-refractivity contribution in [1.82, 2.24) is 10.6 Å². The molecule has 0 heterocycles. The standard InChI is InChI=1S/C14H21N3O3/c1-9-7-10(2)12(11(8-9)13(18)19)17-14(20)16-6-4-5-15-3/h7-8,15H,4-6H2,1-3H3,(H,18,19)(H2,16,17,20). The normalized spacial score (nSPS) is 10.2. The molecule has 0 spiro atoms. The summed E-state index contributed by atoms with van der Waals surface area (Å²) in [4.78, 5) is 23.0. The fourth-order valence-corrected chi connectivity index (χ4v) is 1.93. The van der Waals surface area contributed by atoms with Crippen LogP contribution in [0, 0.1) is 13.8 Å². The van der Waals surface area contributed by atoms with Gasteiger partial charge in [0.2, 0.25) is 0 Å². The Morgan fingerprint density at radius 2 is 1.90 bits per heavy atom. The highest BCUT2D eigenvalue weighted by molar-refractivity contribution is 6.01. The van der Waals surface area contributed by atoms with Gasteiger partial charge in [-0.25, -0.2) is 9.59 Å². The Morgan fingerprint density at radius 3 is 2.50 bits per heavy atom. The first kappa shape index (κ1) is 16.0. The lowest BCUT2D eigenvalue weighted by atomic mass is 10.0. The van der Waals surface area contributed by atoms with Crippen molar-refractivity contribution in [2.45, 2.75) is 20.3 Å². The van der Waals surface area contributed by atoms with Gasteiger partial charge in [0.05, 0.1) is 11.3 Å². The van der Waals surface area contributed by atoms with Crippen LogP contribution in [0.4, 0.5) is 10.5 Å². The summed E-state index contributed by atoms with van der Waals surface area (Å²) < 4.78 is 0. The van der Waals surface area contributed by atoms with E-state index in [-0.39, 0.29) is 5.56 Å². The highest BCUT2D eigenvalue weighted by Gasteiger charge is 2.15. The number of urea groups is 1. The molecule has 0 aliphatic carbocycles. The predicted molar refractivity (Wildman–Crippen MR) is 78.4 cm³/mol. The Kier molecular flexibility index (Phi) is 5.99. The van der Waals surface area contributed by atoms with Crippen LogP contribution in [0.1, 0.15) is 27.9 Å². The number of hydrogen-bond donors (Lipinski definition) is 4. The number of carbonyl (C=O) groups is 2. The van der Waals surface area contributed by atoms with Crippen molar-refractivity contribution in [2.75, 3.05) is 25.5 Å². The number of aromatic carboxylic acids is 1. The molecular formula is C14H21N3O3. The molecule has 1 aromatic rings. The van der Waals surface area contributed by atoms with Crippen LogP contribution in [-0.4, -0.2) is 37.2 Å². The SMILES string of the molecule is CNCCCNC(=O)Nc1c(C)cc(C)cc1C(=O)O. The van der Waals surface area contributed by atoms with Crippen molar-refractivity contribution in [3.05, 3.63) is 28.8 Å². The second-order valence-corrected chi connectivity index (χ2v) is 4.65. The van der Waals surface area contributed by atoms with Gasteiger partial charge in [-0.05, 0) is 51.1 Å². The van der Waals surface area contributed by atoms with Crippen LogP contribution in [0.2, 0.25) is 0 Å². The number of benzene rings is 1. The van der Waals surface area contributed by atoms with Crippen LogP contribution in [0.25, 0.3) is 0 Å². The Hall–Kier alpha value is -2.08. The molecule has 6 nitrogen and oxygen atoms in total. The number of aryl methyl sites for hydroxylation is 2. The van der Waals surface area contributed by atoms with Crippen molar-refractivity contribution < 1.29 is 14.7 Å². The third-order valence-corrected chi connectivity index (χ3v) is 2.84. The van der Waals surface area contributed by atoms with Crippen LogP contribution in [0.5, 0.6) is 0 Å². The number of carbonyl (C=O) groups excluding carboxylic acids is 1. The summed E-state index contributed by atoms with van der Waals surface area (Å²) in [7, 11) is 1.84. The highest BCUT2D eigenvalue weighted by atomic mass is 16.4. The molecule has 0 saturated heterocycles. The Labute approximate surface area is 118 Å². The van der Waals surface area contributed by atoms with Crippen molar-refractivity contribution in [1.29, 1.82) is 0 Å². The number of anilines is 1. The number of carboxylic acid groups (broad SMARTS) is 1. The summed E-state index contributed by atoms with van der Waals surface area (Å²) in [6.07, 6.45) is 0.808. The molecule has 20 heavy (non-hydrogen) atoms. The van der Waals surface area contributed by atoms with E-state index >= 15 is 0 Å². The van der Waals surface area contributed by atoms with Crippen LogP contribution >= 0.6 is 0 Å². The molecule has 0 atom stereocenters. The molecule has 110 valence electrons. The summed E-state index contributed by atoms with van der Waals surface area (Å²) in [5.74, 6) is -1.05. The minimum atomic E-state index is -1.05. The zero-order valence-electron chi connectivity index (χ0n) is 12.0. The van der Waals surface area contributed by atoms with E-state index in [9.17, 15) is 14.7 Å². The average molecular weight is 279 g/mol. The second-order valence-electron chi connectivity index (χ2n) is 4.65. The van der Waals surface area contributed by atoms with Crippen molar-refractivity contribution >= 4 is 17.7 Å². The smallest absolute Gasteiger partial charge is 0.337 e. The zero-order valence-corrected chi connectivity index (χ0v) is 12.0. The summed E-state index contributed by atoms with van der Waals surface area (Å²) >= 11 is 0. The largest absolute Gasteiger partial charge is 0.478 e. The molecule has 0 aliphatic rings. The molecule has 1 rings (SSSR count).